The number of carbonyl (C=O) groups excluding carboxylic acids is 9. The van der Waals surface area contributed by atoms with Gasteiger partial charge in [0.15, 0.2) is 11.3 Å². The summed E-state index contributed by atoms with van der Waals surface area (Å²) in [6.45, 7) is 6.46. The van der Waals surface area contributed by atoms with Crippen LogP contribution in [0.15, 0.2) is 62.7 Å². The van der Waals surface area contributed by atoms with Crippen LogP contribution in [0.1, 0.15) is 223 Å². The lowest BCUT2D eigenvalue weighted by atomic mass is 9.90. The van der Waals surface area contributed by atoms with E-state index in [2.05, 4.69) is 15.6 Å². The van der Waals surface area contributed by atoms with Crippen LogP contribution in [0.2, 0.25) is 0 Å². The third kappa shape index (κ3) is 37.3. The van der Waals surface area contributed by atoms with Crippen molar-refractivity contribution in [1.29, 1.82) is 0 Å². The molecule has 0 radical (unpaired) electrons. The molecule has 1 aliphatic carbocycles. The molecule has 4 rings (SSSR count). The van der Waals surface area contributed by atoms with Crippen LogP contribution in [0.3, 0.4) is 0 Å². The molecule has 0 saturated carbocycles. The van der Waals surface area contributed by atoms with Gasteiger partial charge in [0, 0.05) is 107 Å². The van der Waals surface area contributed by atoms with Crippen molar-refractivity contribution in [3.8, 4) is 22.5 Å². The van der Waals surface area contributed by atoms with Crippen molar-refractivity contribution < 1.29 is 78.5 Å². The summed E-state index contributed by atoms with van der Waals surface area (Å²) in [6.07, 6.45) is 20.2. The third-order valence-corrected chi connectivity index (χ3v) is 22.7. The molecule has 0 unspecified atom stereocenters. The van der Waals surface area contributed by atoms with Crippen molar-refractivity contribution in [1.82, 2.24) is 39.6 Å². The van der Waals surface area contributed by atoms with E-state index in [1.165, 1.54) is 59.7 Å². The number of hydrogen-bond donors (Lipinski definition) is 11. The maximum Gasteiger partial charge on any atom is 0.304 e. The van der Waals surface area contributed by atoms with Crippen LogP contribution >= 0.6 is 0 Å². The van der Waals surface area contributed by atoms with E-state index in [0.29, 0.717) is 129 Å². The highest BCUT2D eigenvalue weighted by Gasteiger charge is 2.35. The van der Waals surface area contributed by atoms with Gasteiger partial charge < -0.3 is 94.0 Å². The highest BCUT2D eigenvalue weighted by atomic mass is 32.2. The largest absolute Gasteiger partial charge is 0.744 e. The number of nitrogens with zero attached hydrogens (tertiary/aromatic N) is 7. The molecule has 1 aliphatic heterocycles. The predicted octanol–water partition coefficient (Wildman–Crippen LogP) is 4.28. The summed E-state index contributed by atoms with van der Waals surface area (Å²) in [5, 5.41) is 5.78. The minimum atomic E-state index is -5.33. The van der Waals surface area contributed by atoms with E-state index in [1.807, 2.05) is 0 Å². The molecule has 0 spiro atoms. The van der Waals surface area contributed by atoms with Crippen molar-refractivity contribution >= 4 is 90.1 Å². The summed E-state index contributed by atoms with van der Waals surface area (Å²) in [5.41, 5.74) is 40.4. The first-order chi connectivity index (χ1) is 57.1. The maximum absolute atomic E-state index is 15.0. The Hall–Kier alpha value is -8.26. The SMILES string of the molecule is CCNc1ccc2c(-c3ccccc3C(=O)N(C)CCCC(=O)NCCCCCCC(=O)N(CCCCCCN)CC(=O)N(CCCCCCN)CC(=O)N(CCCCCCN)CC(=O)N(CCCCCCN)CC(=O)N(CCCCCCN)CC(=O)N(CCCCCCN)CC(N)=O)c3ccc(=[NH+]CC)c(S(=O)(=O)O)c-3oc2c1S(=O)(=O)[O-]. The second-order valence-electron chi connectivity index (χ2n) is 30.6. The van der Waals surface area contributed by atoms with E-state index >= 15 is 4.79 Å². The van der Waals surface area contributed by atoms with E-state index in [1.54, 1.807) is 44.0 Å². The van der Waals surface area contributed by atoms with Gasteiger partial charge in [-0.1, -0.05) is 108 Å². The Morgan fingerprint density at radius 1 is 0.445 bits per heavy atom. The van der Waals surface area contributed by atoms with Crippen LogP contribution in [0.25, 0.3) is 33.4 Å². The van der Waals surface area contributed by atoms with Crippen LogP contribution in [0, 0.1) is 0 Å². The van der Waals surface area contributed by atoms with Gasteiger partial charge in [-0.25, -0.2) is 13.4 Å². The van der Waals surface area contributed by atoms with Crippen molar-refractivity contribution in [2.24, 2.45) is 40.1 Å². The highest BCUT2D eigenvalue weighted by Crippen LogP contribution is 2.46. The summed E-state index contributed by atoms with van der Waals surface area (Å²) >= 11 is 0. The Bertz CT molecular complexity index is 4060. The van der Waals surface area contributed by atoms with Crippen molar-refractivity contribution in [2.45, 2.75) is 223 Å². The van der Waals surface area contributed by atoms with Gasteiger partial charge in [-0.05, 0) is 179 Å². The van der Waals surface area contributed by atoms with Gasteiger partial charge in [-0.2, -0.15) is 8.42 Å². The van der Waals surface area contributed by atoms with Crippen LogP contribution in [0.5, 0.6) is 0 Å². The minimum Gasteiger partial charge on any atom is -0.744 e. The zero-order chi connectivity index (χ0) is 87.6. The number of nitrogens with one attached hydrogen (secondary N) is 3. The second kappa shape index (κ2) is 57.9. The Morgan fingerprint density at radius 2 is 0.840 bits per heavy atom. The zero-order valence-corrected chi connectivity index (χ0v) is 72.8. The van der Waals surface area contributed by atoms with E-state index < -0.39 is 89.3 Å². The van der Waals surface area contributed by atoms with E-state index in [9.17, 15) is 64.3 Å². The van der Waals surface area contributed by atoms with Gasteiger partial charge >= 0.3 is 10.1 Å². The summed E-state index contributed by atoms with van der Waals surface area (Å²) in [6, 6.07) is 12.2. The van der Waals surface area contributed by atoms with Gasteiger partial charge in [0.05, 0.1) is 45.0 Å². The molecule has 670 valence electrons. The fraction of sp³-hybridized carbons (Fsp3) is 0.667. The topological polar surface area (TPSA) is 521 Å². The number of rotatable bonds is 66. The molecule has 33 nitrogen and oxygen atoms in total. The molecule has 0 aromatic heterocycles. The van der Waals surface area contributed by atoms with Crippen LogP contribution in [0.4, 0.5) is 5.69 Å². The number of carbonyl (C=O) groups is 9. The quantitative estimate of drug-likeness (QED) is 0.0167. The molecular weight excluding hydrogens is 1570 g/mol. The molecule has 9 amide bonds. The number of primary amides is 1. The fourth-order valence-corrected chi connectivity index (χ4v) is 16.0. The molecular formula is C84H141N17O16S2. The molecule has 35 heteroatoms. The van der Waals surface area contributed by atoms with Gasteiger partial charge in [0.1, 0.15) is 21.6 Å². The molecule has 0 bridgehead atoms. The lowest BCUT2D eigenvalue weighted by molar-refractivity contribution is -0.498. The minimum absolute atomic E-state index is 0.0524. The number of benzene rings is 3. The smallest absolute Gasteiger partial charge is 0.304 e. The standard InChI is InChI=1S/C84H141N17O16S2/c1-4-92-69-43-41-67-79(68-42-44-70(93-5-2)83(119(114,115)116)81(68)117-80(67)82(69)118(111,112)113)65-37-21-22-38-66(65)84(110)95(3)52-36-39-72(103)94-51-29-13-6-20-40-73(104)97(54-31-15-8-24-46-86)60-75(106)99(56-33-17-10-26-48-88)62-77(108)101(58-35-19-12-28-50-90)64-78(109)100(57-34-18-11-27-49-89)63-76(107)98(55-32-16-9-25-47-87)61-74(105)96(59-71(91)102)53-30-14-7-23-45-85/h21-22,37-38,41-44,92H,4-20,23-36,39-40,45-64,85-90H2,1-3H3,(H2,91,102)(H,94,103)(H,111,112,113)(H,114,115,116). The average molecular weight is 1710 g/mol. The van der Waals surface area contributed by atoms with Gasteiger partial charge in [-0.15, -0.1) is 0 Å². The summed E-state index contributed by atoms with van der Waals surface area (Å²) in [4.78, 5) is 140. The zero-order valence-electron chi connectivity index (χ0n) is 71.2. The molecule has 0 atom stereocenters. The number of amides is 9. The average Bonchev–Trinajstić information content (AvgIpc) is 0.719. The first-order valence-electron chi connectivity index (χ1n) is 43.2. The molecule has 2 aromatic rings. The number of hydrogen-bond acceptors (Lipinski definition) is 22. The van der Waals surface area contributed by atoms with Gasteiger partial charge in [-0.3, -0.25) is 47.7 Å². The lowest BCUT2D eigenvalue weighted by Gasteiger charge is -2.32. The maximum atomic E-state index is 15.0. The number of nitrogens with two attached hydrogens (primary N) is 7. The Morgan fingerprint density at radius 3 is 1.24 bits per heavy atom. The van der Waals surface area contributed by atoms with Crippen LogP contribution < -0.4 is 61.1 Å². The first-order valence-corrected chi connectivity index (χ1v) is 46.1. The number of unbranched alkanes of at least 4 members (excludes halogenated alkanes) is 21. The normalized spacial score (nSPS) is 11.8. The van der Waals surface area contributed by atoms with Crippen molar-refractivity contribution in [3.05, 3.63) is 59.5 Å². The number of fused-ring (bicyclic) bond motifs is 2. The summed E-state index contributed by atoms with van der Waals surface area (Å²) in [7, 11) is -8.88. The Kier molecular flexibility index (Phi) is 50.1. The van der Waals surface area contributed by atoms with Crippen LogP contribution in [-0.4, -0.2) is 264 Å². The molecule has 2 aliphatic rings. The third-order valence-electron chi connectivity index (χ3n) is 20.9. The Labute approximate surface area is 705 Å². The monoisotopic (exact) mass is 1710 g/mol. The highest BCUT2D eigenvalue weighted by molar-refractivity contribution is 7.86. The van der Waals surface area contributed by atoms with Gasteiger partial charge in [0.2, 0.25) is 57.5 Å². The molecule has 0 saturated heterocycles. The molecule has 0 fully saturated rings. The first kappa shape index (κ1) is 103. The fourth-order valence-electron chi connectivity index (χ4n) is 14.4. The Balaban J connectivity index is 1.49. The second-order valence-corrected chi connectivity index (χ2v) is 33.2. The van der Waals surface area contributed by atoms with E-state index in [0.717, 1.165) is 103 Å². The van der Waals surface area contributed by atoms with Crippen LogP contribution in [-0.2, 0) is 58.6 Å². The van der Waals surface area contributed by atoms with Crippen molar-refractivity contribution in [2.75, 3.05) is 156 Å². The molecule has 119 heavy (non-hydrogen) atoms. The van der Waals surface area contributed by atoms with E-state index in [4.69, 9.17) is 44.6 Å². The summed E-state index contributed by atoms with van der Waals surface area (Å²) in [5.74, 6) is -4.45. The molecule has 2 aromatic carbocycles. The lowest BCUT2D eigenvalue weighted by Crippen LogP contribution is -2.76. The molecule has 18 N–H and O–H groups in total. The molecule has 1 heterocycles. The van der Waals surface area contributed by atoms with Gasteiger partial charge in [0.25, 0.3) is 5.91 Å². The van der Waals surface area contributed by atoms with Crippen molar-refractivity contribution in [3.63, 3.8) is 0 Å². The predicted molar refractivity (Wildman–Crippen MR) is 461 cm³/mol. The number of anilines is 1. The summed E-state index contributed by atoms with van der Waals surface area (Å²) < 4.78 is 82.4. The van der Waals surface area contributed by atoms with E-state index in [-0.39, 0.29) is 155 Å².